The summed E-state index contributed by atoms with van der Waals surface area (Å²) in [6, 6.07) is 15.0. The minimum absolute atomic E-state index is 0.00463. The molecule has 5 aromatic rings. The normalized spacial score (nSPS) is 11.3. The van der Waals surface area contributed by atoms with E-state index in [4.69, 9.17) is 27.9 Å². The van der Waals surface area contributed by atoms with Crippen LogP contribution in [0, 0.1) is 6.92 Å². The first-order valence-electron chi connectivity index (χ1n) is 11.4. The number of hydrogen-bond acceptors (Lipinski definition) is 5. The Balaban J connectivity index is 1.49. The summed E-state index contributed by atoms with van der Waals surface area (Å²) in [5.74, 6) is 0.102. The number of aryl methyl sites for hydroxylation is 1. The van der Waals surface area contributed by atoms with Crippen LogP contribution in [0.15, 0.2) is 60.8 Å². The van der Waals surface area contributed by atoms with Crippen LogP contribution in [0.4, 0.5) is 14.6 Å². The van der Waals surface area contributed by atoms with Gasteiger partial charge in [0.05, 0.1) is 25.5 Å². The molecule has 0 saturated carbocycles. The number of ether oxygens (including phenoxy) is 1. The zero-order valence-electron chi connectivity index (χ0n) is 20.1. The number of halogens is 4. The molecule has 0 aliphatic carbocycles. The number of rotatable bonds is 7. The zero-order chi connectivity index (χ0) is 27.0. The number of para-hydroxylation sites is 1. The number of amides is 1. The van der Waals surface area contributed by atoms with Crippen LogP contribution in [0.1, 0.15) is 33.7 Å². The van der Waals surface area contributed by atoms with Gasteiger partial charge in [-0.15, -0.1) is 0 Å². The number of benzene rings is 2. The van der Waals surface area contributed by atoms with Crippen molar-refractivity contribution in [1.29, 1.82) is 0 Å². The molecule has 1 amide bonds. The molecule has 0 spiro atoms. The molecule has 0 aliphatic rings. The highest BCUT2D eigenvalue weighted by Gasteiger charge is 2.23. The molecule has 0 atom stereocenters. The predicted octanol–water partition coefficient (Wildman–Crippen LogP) is 6.45. The van der Waals surface area contributed by atoms with Crippen LogP contribution in [0.2, 0.25) is 10.0 Å². The van der Waals surface area contributed by atoms with E-state index >= 15 is 0 Å². The molecule has 1 N–H and O–H groups in total. The fraction of sp³-hybridized carbons (Fsp3) is 0.154. The van der Waals surface area contributed by atoms with E-state index < -0.39 is 18.0 Å². The van der Waals surface area contributed by atoms with Crippen molar-refractivity contribution < 1.29 is 18.3 Å². The molecule has 8 nitrogen and oxygen atoms in total. The summed E-state index contributed by atoms with van der Waals surface area (Å²) in [5, 5.41) is 12.1. The van der Waals surface area contributed by atoms with Gasteiger partial charge in [-0.05, 0) is 37.3 Å². The van der Waals surface area contributed by atoms with Crippen LogP contribution >= 0.6 is 23.2 Å². The molecule has 5 rings (SSSR count). The monoisotopic (exact) mass is 556 g/mol. The zero-order valence-corrected chi connectivity index (χ0v) is 21.6. The van der Waals surface area contributed by atoms with Gasteiger partial charge in [0.1, 0.15) is 17.0 Å². The van der Waals surface area contributed by atoms with Gasteiger partial charge in [-0.3, -0.25) is 9.48 Å². The Morgan fingerprint density at radius 3 is 2.55 bits per heavy atom. The van der Waals surface area contributed by atoms with Crippen LogP contribution in [0.3, 0.4) is 0 Å². The van der Waals surface area contributed by atoms with Crippen molar-refractivity contribution in [2.45, 2.75) is 19.9 Å². The average Bonchev–Trinajstić information content (AvgIpc) is 3.48. The molecular weight excluding hydrogens is 537 g/mol. The van der Waals surface area contributed by atoms with Crippen molar-refractivity contribution in [2.75, 3.05) is 12.4 Å². The minimum Gasteiger partial charge on any atom is -0.496 e. The Kier molecular flexibility index (Phi) is 7.00. The lowest BCUT2D eigenvalue weighted by atomic mass is 10.1. The molecule has 2 aromatic carbocycles. The third-order valence-electron chi connectivity index (χ3n) is 5.94. The van der Waals surface area contributed by atoms with E-state index in [1.54, 1.807) is 53.2 Å². The molecular formula is C26H20Cl2F2N6O2. The number of carbonyl (C=O) groups is 1. The second kappa shape index (κ2) is 10.4. The number of nitrogens with zero attached hydrogens (tertiary/aromatic N) is 5. The molecule has 0 fully saturated rings. The first-order valence-corrected chi connectivity index (χ1v) is 12.1. The van der Waals surface area contributed by atoms with Gasteiger partial charge in [0.2, 0.25) is 0 Å². The van der Waals surface area contributed by atoms with E-state index in [-0.39, 0.29) is 22.7 Å². The Labute approximate surface area is 225 Å². The maximum absolute atomic E-state index is 14.0. The lowest BCUT2D eigenvalue weighted by molar-refractivity contribution is 0.102. The van der Waals surface area contributed by atoms with Gasteiger partial charge in [-0.2, -0.15) is 10.2 Å². The van der Waals surface area contributed by atoms with E-state index in [0.29, 0.717) is 33.5 Å². The highest BCUT2D eigenvalue weighted by atomic mass is 35.5. The van der Waals surface area contributed by atoms with Crippen molar-refractivity contribution in [3.8, 4) is 17.0 Å². The van der Waals surface area contributed by atoms with Gasteiger partial charge in [-0.25, -0.2) is 18.3 Å². The molecule has 0 unspecified atom stereocenters. The van der Waals surface area contributed by atoms with Crippen molar-refractivity contribution in [3.05, 3.63) is 93.4 Å². The van der Waals surface area contributed by atoms with E-state index in [0.717, 1.165) is 10.2 Å². The molecule has 0 radical (unpaired) electrons. The summed E-state index contributed by atoms with van der Waals surface area (Å²) in [4.78, 5) is 17.7. The van der Waals surface area contributed by atoms with Crippen LogP contribution in [0.5, 0.6) is 5.75 Å². The molecule has 0 saturated heterocycles. The number of hydrogen-bond donors (Lipinski definition) is 1. The van der Waals surface area contributed by atoms with Gasteiger partial charge < -0.3 is 10.1 Å². The molecule has 3 heterocycles. The fourth-order valence-electron chi connectivity index (χ4n) is 4.04. The number of nitrogens with one attached hydrogen (secondary N) is 1. The molecule has 38 heavy (non-hydrogen) atoms. The van der Waals surface area contributed by atoms with Crippen molar-refractivity contribution >= 4 is 40.6 Å². The Morgan fingerprint density at radius 1 is 1.11 bits per heavy atom. The lowest BCUT2D eigenvalue weighted by Gasteiger charge is -2.11. The summed E-state index contributed by atoms with van der Waals surface area (Å²) < 4.78 is 35.9. The van der Waals surface area contributed by atoms with E-state index in [2.05, 4.69) is 20.5 Å². The molecule has 3 aromatic heterocycles. The largest absolute Gasteiger partial charge is 0.496 e. The number of fused-ring (bicyclic) bond motifs is 1. The SMILES string of the molecule is COc1ccccc1-c1cc(C(F)F)n2ncc(C(=O)Nc3cc(C)n(Cc4c(Cl)cccc4Cl)n3)c2n1. The summed E-state index contributed by atoms with van der Waals surface area (Å²) in [7, 11) is 1.48. The van der Waals surface area contributed by atoms with Gasteiger partial charge >= 0.3 is 0 Å². The predicted molar refractivity (Wildman–Crippen MR) is 140 cm³/mol. The van der Waals surface area contributed by atoms with Crippen molar-refractivity contribution in [3.63, 3.8) is 0 Å². The van der Waals surface area contributed by atoms with Gasteiger partial charge in [0, 0.05) is 32.9 Å². The topological polar surface area (TPSA) is 86.3 Å². The summed E-state index contributed by atoms with van der Waals surface area (Å²) in [6.45, 7) is 2.11. The number of alkyl halides is 2. The second-order valence-electron chi connectivity index (χ2n) is 8.34. The Hall–Kier alpha value is -4.02. The number of methoxy groups -OCH3 is 1. The summed E-state index contributed by atoms with van der Waals surface area (Å²) in [5.41, 5.74) is 1.72. The average molecular weight is 557 g/mol. The maximum atomic E-state index is 14.0. The minimum atomic E-state index is -2.86. The summed E-state index contributed by atoms with van der Waals surface area (Å²) >= 11 is 12.6. The number of carbonyl (C=O) groups excluding carboxylic acids is 1. The van der Waals surface area contributed by atoms with E-state index in [9.17, 15) is 13.6 Å². The lowest BCUT2D eigenvalue weighted by Crippen LogP contribution is -2.14. The smallest absolute Gasteiger partial charge is 0.280 e. The molecule has 194 valence electrons. The van der Waals surface area contributed by atoms with Crippen LogP contribution in [-0.2, 0) is 6.54 Å². The first kappa shape index (κ1) is 25.6. The van der Waals surface area contributed by atoms with Crippen molar-refractivity contribution in [1.82, 2.24) is 24.4 Å². The Morgan fingerprint density at radius 2 is 1.84 bits per heavy atom. The first-order chi connectivity index (χ1) is 18.3. The number of aromatic nitrogens is 5. The van der Waals surface area contributed by atoms with Crippen LogP contribution < -0.4 is 10.1 Å². The van der Waals surface area contributed by atoms with E-state index in [1.807, 2.05) is 6.92 Å². The van der Waals surface area contributed by atoms with Gasteiger partial charge in [0.25, 0.3) is 12.3 Å². The highest BCUT2D eigenvalue weighted by Crippen LogP contribution is 2.32. The van der Waals surface area contributed by atoms with Gasteiger partial charge in [0.15, 0.2) is 11.5 Å². The number of anilines is 1. The molecule has 12 heteroatoms. The van der Waals surface area contributed by atoms with Gasteiger partial charge in [-0.1, -0.05) is 41.4 Å². The standard InChI is InChI=1S/C26H20Cl2F2N6O2/c1-14-10-23(34-35(14)13-17-18(27)7-5-8-19(17)28)33-26(37)16-12-31-36-21(24(29)30)11-20(32-25(16)36)15-6-3-4-9-22(15)38-2/h3-12,24H,13H2,1-2H3,(H,33,34,37). The van der Waals surface area contributed by atoms with Crippen LogP contribution in [-0.4, -0.2) is 37.4 Å². The molecule has 0 bridgehead atoms. The fourth-order valence-corrected chi connectivity index (χ4v) is 4.56. The maximum Gasteiger partial charge on any atom is 0.280 e. The van der Waals surface area contributed by atoms with E-state index in [1.165, 1.54) is 19.4 Å². The Bertz CT molecular complexity index is 1650. The highest BCUT2D eigenvalue weighted by molar-refractivity contribution is 6.36. The third-order valence-corrected chi connectivity index (χ3v) is 6.65. The molecule has 0 aliphatic heterocycles. The van der Waals surface area contributed by atoms with Crippen LogP contribution in [0.25, 0.3) is 16.9 Å². The second-order valence-corrected chi connectivity index (χ2v) is 9.16. The quantitative estimate of drug-likeness (QED) is 0.249. The summed E-state index contributed by atoms with van der Waals surface area (Å²) in [6.07, 6.45) is -1.66. The van der Waals surface area contributed by atoms with Crippen molar-refractivity contribution in [2.24, 2.45) is 0 Å². The third kappa shape index (κ3) is 4.80.